The fraction of sp³-hybridized carbons (Fsp3) is 0.657. The van der Waals surface area contributed by atoms with Crippen molar-refractivity contribution >= 4 is 17.5 Å². The van der Waals surface area contributed by atoms with E-state index in [9.17, 15) is 81.2 Å². The molecule has 0 aromatic carbocycles. The maximum absolute atomic E-state index is 13.6. The third kappa shape index (κ3) is 13.4. The summed E-state index contributed by atoms with van der Waals surface area (Å²) < 4.78 is 207. The molecule has 9 aliphatic carbocycles. The molecule has 6 bridgehead atoms. The molecule has 1 unspecified atom stereocenters. The van der Waals surface area contributed by atoms with Crippen molar-refractivity contribution < 1.29 is 81.2 Å². The van der Waals surface area contributed by atoms with Crippen molar-refractivity contribution in [2.75, 3.05) is 56.5 Å². The summed E-state index contributed by atoms with van der Waals surface area (Å²) in [7, 11) is 0. The van der Waals surface area contributed by atoms with Crippen molar-refractivity contribution in [3.63, 3.8) is 0 Å². The Labute approximate surface area is 585 Å². The van der Waals surface area contributed by atoms with Crippen molar-refractivity contribution in [2.24, 2.45) is 17.8 Å². The predicted octanol–water partition coefficient (Wildman–Crippen LogP) is 14.4. The number of rotatable bonds is 15. The molecule has 0 radical (unpaired) electrons. The van der Waals surface area contributed by atoms with E-state index in [0.29, 0.717) is 56.7 Å². The third-order valence-corrected chi connectivity index (χ3v) is 23.4. The highest BCUT2D eigenvalue weighted by Crippen LogP contribution is 2.72. The van der Waals surface area contributed by atoms with Gasteiger partial charge in [-0.15, -0.1) is 0 Å². The van der Waals surface area contributed by atoms with Gasteiger partial charge in [0.1, 0.15) is 53.2 Å². The number of alkyl halides is 15. The Morgan fingerprint density at radius 1 is 0.369 bits per heavy atom. The van der Waals surface area contributed by atoms with E-state index in [-0.39, 0.29) is 131 Å². The first-order valence-electron chi connectivity index (χ1n) is 34.5. The van der Waals surface area contributed by atoms with E-state index in [1.165, 1.54) is 18.6 Å². The Morgan fingerprint density at radius 2 is 0.573 bits per heavy atom. The number of aliphatic hydroxyl groups excluding tert-OH is 3. The second-order valence-electron chi connectivity index (χ2n) is 31.6. The molecule has 0 amide bonds. The lowest BCUT2D eigenvalue weighted by Crippen LogP contribution is -2.79. The van der Waals surface area contributed by atoms with Gasteiger partial charge in [0.05, 0.1) is 50.4 Å². The van der Waals surface area contributed by atoms with E-state index < -0.39 is 88.8 Å². The van der Waals surface area contributed by atoms with Crippen LogP contribution in [0.5, 0.6) is 0 Å². The molecule has 3 saturated heterocycles. The molecular formula is C70H88F15N15O3. The molecule has 18 nitrogen and oxygen atoms in total. The van der Waals surface area contributed by atoms with Crippen molar-refractivity contribution in [3.05, 3.63) is 89.5 Å². The first-order valence-corrected chi connectivity index (χ1v) is 34.5. The predicted molar refractivity (Wildman–Crippen MR) is 352 cm³/mol. The summed E-state index contributed by atoms with van der Waals surface area (Å²) in [5.74, 6) is -8.91. The molecule has 3 aliphatic heterocycles. The van der Waals surface area contributed by atoms with Gasteiger partial charge in [0.2, 0.25) is 0 Å². The molecule has 6 aromatic heterocycles. The van der Waals surface area contributed by atoms with Gasteiger partial charge >= 0.3 is 18.5 Å². The summed E-state index contributed by atoms with van der Waals surface area (Å²) in [4.78, 5) is 31.2. The van der Waals surface area contributed by atoms with E-state index in [1.54, 1.807) is 18.6 Å². The molecule has 18 rings (SSSR count). The molecule has 12 fully saturated rings. The lowest BCUT2D eigenvalue weighted by Gasteiger charge is -2.75. The standard InChI is InChI=1S/3C23H28F5N5O.CH4/c3*1-13(2)17(34)19-31-16(14-7-15(23(26,27)28)18(29)30-8-14)9-33(19)21-10-20(11-21,12-21)32-5-3-22(24,25)4-6-32;/h3*7-9,13,17,34H,3-6,10-12H2,1-2H3,(H2,29,30);1H4/t2*17-,20?,21?;;/m10../s1. The van der Waals surface area contributed by atoms with Crippen LogP contribution < -0.4 is 17.2 Å². The van der Waals surface area contributed by atoms with Crippen molar-refractivity contribution in [1.82, 2.24) is 58.3 Å². The van der Waals surface area contributed by atoms with Crippen LogP contribution in [-0.2, 0) is 35.1 Å². The third-order valence-electron chi connectivity index (χ3n) is 23.4. The van der Waals surface area contributed by atoms with Crippen molar-refractivity contribution in [2.45, 2.75) is 233 Å². The molecule has 9 N–H and O–H groups in total. The number of aromatic nitrogens is 9. The number of anilines is 3. The Morgan fingerprint density at radius 3 is 0.757 bits per heavy atom. The van der Waals surface area contributed by atoms with Crippen LogP contribution in [0.15, 0.2) is 55.4 Å². The number of likely N-dealkylation sites (tertiary alicyclic amines) is 3. The average Bonchev–Trinajstić information content (AvgIpc) is 1.61. The van der Waals surface area contributed by atoms with Gasteiger partial charge in [-0.2, -0.15) is 39.5 Å². The minimum atomic E-state index is -4.65. The maximum Gasteiger partial charge on any atom is 0.419 e. The molecule has 566 valence electrons. The number of aliphatic hydroxyl groups is 3. The van der Waals surface area contributed by atoms with Crippen LogP contribution in [0.1, 0.15) is 198 Å². The molecule has 6 aromatic rings. The van der Waals surface area contributed by atoms with Crippen LogP contribution in [0.4, 0.5) is 83.3 Å². The number of halogens is 15. The highest BCUT2D eigenvalue weighted by Gasteiger charge is 2.74. The van der Waals surface area contributed by atoms with Gasteiger partial charge in [-0.25, -0.2) is 56.2 Å². The average molecular weight is 1470 g/mol. The van der Waals surface area contributed by atoms with E-state index in [0.717, 1.165) is 76.0 Å². The highest BCUT2D eigenvalue weighted by atomic mass is 19.4. The van der Waals surface area contributed by atoms with Crippen LogP contribution in [-0.4, -0.2) is 147 Å². The summed E-state index contributed by atoms with van der Waals surface area (Å²) in [6, 6.07) is 2.79. The number of nitrogens with two attached hydrogens (primary N) is 3. The van der Waals surface area contributed by atoms with Crippen LogP contribution in [0, 0.1) is 17.8 Å². The summed E-state index contributed by atoms with van der Waals surface area (Å²) in [6.07, 6.45) is -2.02. The number of nitrogen functional groups attached to an aromatic ring is 3. The lowest BCUT2D eigenvalue weighted by molar-refractivity contribution is -0.225. The topological polar surface area (TPSA) is 241 Å². The lowest BCUT2D eigenvalue weighted by atomic mass is 9.43. The van der Waals surface area contributed by atoms with E-state index >= 15 is 0 Å². The summed E-state index contributed by atoms with van der Waals surface area (Å²) in [5.41, 5.74) is 13.3. The van der Waals surface area contributed by atoms with Gasteiger partial charge in [-0.05, 0) is 93.7 Å². The minimum absolute atomic E-state index is 0. The van der Waals surface area contributed by atoms with E-state index in [1.807, 2.05) is 55.2 Å². The van der Waals surface area contributed by atoms with Gasteiger partial charge < -0.3 is 46.2 Å². The number of imidazole rings is 3. The Hall–Kier alpha value is -6.81. The summed E-state index contributed by atoms with van der Waals surface area (Å²) >= 11 is 0. The number of hydrogen-bond acceptors (Lipinski definition) is 15. The van der Waals surface area contributed by atoms with Crippen molar-refractivity contribution in [3.8, 4) is 33.8 Å². The molecule has 103 heavy (non-hydrogen) atoms. The second kappa shape index (κ2) is 25.4. The van der Waals surface area contributed by atoms with Crippen LogP contribution in [0.2, 0.25) is 0 Å². The van der Waals surface area contributed by atoms with Crippen LogP contribution in [0.3, 0.4) is 0 Å². The fourth-order valence-corrected chi connectivity index (χ4v) is 17.5. The Balaban J connectivity index is 0.000000145. The number of nitrogens with zero attached hydrogens (tertiary/aromatic N) is 12. The van der Waals surface area contributed by atoms with Crippen molar-refractivity contribution in [1.29, 1.82) is 0 Å². The number of piperidine rings is 3. The minimum Gasteiger partial charge on any atom is -0.385 e. The van der Waals surface area contributed by atoms with Crippen LogP contribution >= 0.6 is 0 Å². The largest absolute Gasteiger partial charge is 0.419 e. The van der Waals surface area contributed by atoms with Gasteiger partial charge in [0, 0.05) is 148 Å². The van der Waals surface area contributed by atoms with E-state index in [4.69, 9.17) is 17.2 Å². The molecule has 12 aliphatic rings. The molecule has 9 heterocycles. The Kier molecular flexibility index (Phi) is 18.7. The molecule has 9 saturated carbocycles. The normalized spacial score (nSPS) is 29.3. The van der Waals surface area contributed by atoms with Gasteiger partial charge in [-0.1, -0.05) is 49.0 Å². The van der Waals surface area contributed by atoms with E-state index in [2.05, 4.69) is 44.6 Å². The zero-order valence-corrected chi connectivity index (χ0v) is 57.1. The first kappa shape index (κ1) is 75.9. The van der Waals surface area contributed by atoms with Gasteiger partial charge in [0.25, 0.3) is 17.8 Å². The maximum atomic E-state index is 13.6. The molecular weight excluding hydrogens is 1380 g/mol. The zero-order chi connectivity index (χ0) is 74.0. The van der Waals surface area contributed by atoms with Gasteiger partial charge in [0.15, 0.2) is 0 Å². The monoisotopic (exact) mass is 1470 g/mol. The first-order chi connectivity index (χ1) is 47.3. The summed E-state index contributed by atoms with van der Waals surface area (Å²) in [6.45, 7) is 13.2. The number of pyridine rings is 3. The number of hydrogen-bond donors (Lipinski definition) is 6. The molecule has 0 spiro atoms. The molecule has 33 heteroatoms. The quantitative estimate of drug-likeness (QED) is 0.0524. The second-order valence-corrected chi connectivity index (χ2v) is 31.6. The SMILES string of the molecule is C.CC(C)C(O)c1nc(-c2cnc(N)c(C(F)(F)F)c2)cn1C12CC(N3CCC(F)(F)CC3)(C1)C2.CC(C)[C@@H](O)c1nc(-c2cnc(N)c(C(F)(F)F)c2)cn1C12CC(N3CCC(F)(F)CC3)(C1)C2.CC(C)[C@H](O)c1nc(-c2cnc(N)c(C(F)(F)F)c2)cn1C12CC(N3CCC(F)(F)CC3)(C1)C2. The molecule has 3 atom stereocenters. The Bertz CT molecular complexity index is 3660. The fourth-order valence-electron chi connectivity index (χ4n) is 17.5. The highest BCUT2D eigenvalue weighted by molar-refractivity contribution is 5.65. The smallest absolute Gasteiger partial charge is 0.385 e. The summed E-state index contributed by atoms with van der Waals surface area (Å²) in [5, 5.41) is 32.5. The zero-order valence-electron chi connectivity index (χ0n) is 57.1. The van der Waals surface area contributed by atoms with Crippen LogP contribution in [0.25, 0.3) is 33.8 Å². The van der Waals surface area contributed by atoms with Gasteiger partial charge in [-0.3, -0.25) is 14.7 Å².